The average Bonchev–Trinajstić information content (AvgIpc) is 2.80. The van der Waals surface area contributed by atoms with E-state index in [0.717, 1.165) is 23.3 Å². The van der Waals surface area contributed by atoms with Crippen molar-refractivity contribution in [2.24, 2.45) is 0 Å². The largest absolute Gasteiger partial charge is 0.236 e. The predicted molar refractivity (Wildman–Crippen MR) is 117 cm³/mol. The van der Waals surface area contributed by atoms with Gasteiger partial charge in [0.1, 0.15) is 0 Å². The molecule has 1 aliphatic carbocycles. The molecule has 156 valence electrons. The van der Waals surface area contributed by atoms with Crippen molar-refractivity contribution in [1.29, 1.82) is 0 Å². The molecular weight excluding hydrogens is 378 g/mol. The fourth-order valence-corrected chi connectivity index (χ4v) is 4.70. The highest BCUT2D eigenvalue weighted by Crippen LogP contribution is 2.43. The molecular formula is C26H28F2N2. The summed E-state index contributed by atoms with van der Waals surface area (Å²) in [6.45, 7) is 2.27. The summed E-state index contributed by atoms with van der Waals surface area (Å²) >= 11 is 0. The van der Waals surface area contributed by atoms with Gasteiger partial charge in [-0.1, -0.05) is 63.3 Å². The summed E-state index contributed by atoms with van der Waals surface area (Å²) < 4.78 is 26.6. The first kappa shape index (κ1) is 20.6. The summed E-state index contributed by atoms with van der Waals surface area (Å²) in [4.78, 5) is 8.72. The predicted octanol–water partition coefficient (Wildman–Crippen LogP) is 7.48. The minimum atomic E-state index is -0.893. The Labute approximate surface area is 177 Å². The Morgan fingerprint density at radius 1 is 0.800 bits per heavy atom. The van der Waals surface area contributed by atoms with Gasteiger partial charge in [-0.05, 0) is 54.0 Å². The molecule has 1 heterocycles. The van der Waals surface area contributed by atoms with Crippen LogP contribution in [-0.4, -0.2) is 9.97 Å². The maximum atomic E-state index is 13.5. The maximum Gasteiger partial charge on any atom is 0.159 e. The lowest BCUT2D eigenvalue weighted by Gasteiger charge is -2.38. The minimum absolute atomic E-state index is 0.333. The van der Waals surface area contributed by atoms with Crippen molar-refractivity contribution in [2.75, 3.05) is 0 Å². The first-order chi connectivity index (χ1) is 14.6. The second-order valence-electron chi connectivity index (χ2n) is 8.45. The van der Waals surface area contributed by atoms with Crippen molar-refractivity contribution in [1.82, 2.24) is 9.97 Å². The summed E-state index contributed by atoms with van der Waals surface area (Å²) in [6.07, 6.45) is 13.9. The van der Waals surface area contributed by atoms with Crippen LogP contribution in [0.2, 0.25) is 0 Å². The highest BCUT2D eigenvalue weighted by molar-refractivity contribution is 5.64. The van der Waals surface area contributed by atoms with E-state index in [1.807, 2.05) is 0 Å². The molecule has 0 amide bonds. The third-order valence-corrected chi connectivity index (χ3v) is 6.48. The van der Waals surface area contributed by atoms with E-state index in [-0.39, 0.29) is 0 Å². The van der Waals surface area contributed by atoms with Crippen LogP contribution in [0.4, 0.5) is 8.78 Å². The van der Waals surface area contributed by atoms with Crippen LogP contribution < -0.4 is 0 Å². The Morgan fingerprint density at radius 2 is 1.47 bits per heavy atom. The Hall–Kier alpha value is -2.62. The zero-order valence-electron chi connectivity index (χ0n) is 17.5. The van der Waals surface area contributed by atoms with Gasteiger partial charge < -0.3 is 0 Å². The van der Waals surface area contributed by atoms with Gasteiger partial charge in [-0.25, -0.2) is 18.7 Å². The summed E-state index contributed by atoms with van der Waals surface area (Å²) in [5, 5.41) is 0. The Balaban J connectivity index is 1.55. The average molecular weight is 407 g/mol. The van der Waals surface area contributed by atoms with Crippen LogP contribution in [0.25, 0.3) is 22.5 Å². The van der Waals surface area contributed by atoms with Crippen LogP contribution in [0.5, 0.6) is 0 Å². The van der Waals surface area contributed by atoms with Gasteiger partial charge in [0, 0.05) is 23.5 Å². The molecule has 0 N–H and O–H groups in total. The maximum absolute atomic E-state index is 13.5. The zero-order valence-corrected chi connectivity index (χ0v) is 17.5. The molecule has 2 nitrogen and oxygen atoms in total. The Bertz CT molecular complexity index is 975. The number of hydrogen-bond donors (Lipinski definition) is 0. The van der Waals surface area contributed by atoms with E-state index in [4.69, 9.17) is 0 Å². The number of benzene rings is 2. The summed E-state index contributed by atoms with van der Waals surface area (Å²) in [6, 6.07) is 12.6. The molecule has 2 aromatic carbocycles. The number of nitrogens with zero attached hydrogens (tertiary/aromatic N) is 2. The summed E-state index contributed by atoms with van der Waals surface area (Å²) in [5.74, 6) is -1.38. The van der Waals surface area contributed by atoms with E-state index in [1.54, 1.807) is 12.4 Å². The molecule has 4 rings (SSSR count). The normalized spacial score (nSPS) is 15.8. The van der Waals surface area contributed by atoms with E-state index in [9.17, 15) is 8.78 Å². The highest BCUT2D eigenvalue weighted by Gasteiger charge is 2.33. The number of unbranched alkanes of at least 4 members (excludes halogenated alkanes) is 1. The third-order valence-electron chi connectivity index (χ3n) is 6.48. The lowest BCUT2D eigenvalue weighted by molar-refractivity contribution is 0.267. The second-order valence-corrected chi connectivity index (χ2v) is 8.45. The molecule has 0 bridgehead atoms. The van der Waals surface area contributed by atoms with E-state index in [2.05, 4.69) is 41.2 Å². The highest BCUT2D eigenvalue weighted by atomic mass is 19.2. The van der Waals surface area contributed by atoms with Gasteiger partial charge in [0.05, 0.1) is 0 Å². The van der Waals surface area contributed by atoms with Gasteiger partial charge in [0.2, 0.25) is 0 Å². The molecule has 0 atom stereocenters. The topological polar surface area (TPSA) is 25.8 Å². The lowest BCUT2D eigenvalue weighted by Crippen LogP contribution is -2.29. The fourth-order valence-electron chi connectivity index (χ4n) is 4.70. The van der Waals surface area contributed by atoms with Crippen molar-refractivity contribution in [2.45, 2.75) is 63.7 Å². The molecule has 1 aliphatic rings. The zero-order chi connectivity index (χ0) is 21.0. The van der Waals surface area contributed by atoms with Gasteiger partial charge in [-0.2, -0.15) is 0 Å². The Morgan fingerprint density at radius 3 is 2.10 bits per heavy atom. The molecule has 3 aromatic rings. The standard InChI is InChI=1S/C26H28F2N2/c1-2-3-13-26(14-5-4-6-15-26)22-10-7-19(8-11-22)21-17-29-25(30-18-21)20-9-12-23(27)24(28)16-20/h7-12,16-18H,2-6,13-15H2,1H3. The summed E-state index contributed by atoms with van der Waals surface area (Å²) in [5.41, 5.74) is 4.24. The smallest absolute Gasteiger partial charge is 0.159 e. The van der Waals surface area contributed by atoms with E-state index in [1.165, 1.54) is 63.0 Å². The van der Waals surface area contributed by atoms with Crippen LogP contribution in [0.3, 0.4) is 0 Å². The number of hydrogen-bond acceptors (Lipinski definition) is 2. The first-order valence-corrected chi connectivity index (χ1v) is 11.0. The quantitative estimate of drug-likeness (QED) is 0.424. The molecule has 4 heteroatoms. The van der Waals surface area contributed by atoms with Crippen LogP contribution in [0.15, 0.2) is 54.9 Å². The molecule has 1 fully saturated rings. The number of halogens is 2. The molecule has 1 aromatic heterocycles. The van der Waals surface area contributed by atoms with E-state index < -0.39 is 11.6 Å². The van der Waals surface area contributed by atoms with Crippen molar-refractivity contribution in [3.05, 3.63) is 72.1 Å². The molecule has 0 radical (unpaired) electrons. The van der Waals surface area contributed by atoms with Crippen molar-refractivity contribution in [3.63, 3.8) is 0 Å². The van der Waals surface area contributed by atoms with Crippen LogP contribution >= 0.6 is 0 Å². The Kier molecular flexibility index (Phi) is 6.21. The number of aromatic nitrogens is 2. The molecule has 1 saturated carbocycles. The van der Waals surface area contributed by atoms with Crippen LogP contribution in [0.1, 0.15) is 63.9 Å². The molecule has 0 spiro atoms. The van der Waals surface area contributed by atoms with Crippen molar-refractivity contribution in [3.8, 4) is 22.5 Å². The van der Waals surface area contributed by atoms with Crippen LogP contribution in [0, 0.1) is 11.6 Å². The first-order valence-electron chi connectivity index (χ1n) is 11.0. The second kappa shape index (κ2) is 9.03. The van der Waals surface area contributed by atoms with Crippen molar-refractivity contribution < 1.29 is 8.78 Å². The SMILES string of the molecule is CCCCC1(c2ccc(-c3cnc(-c4ccc(F)c(F)c4)nc3)cc2)CCCCC1. The molecule has 0 aliphatic heterocycles. The monoisotopic (exact) mass is 406 g/mol. The van der Waals surface area contributed by atoms with Gasteiger partial charge >= 0.3 is 0 Å². The summed E-state index contributed by atoms with van der Waals surface area (Å²) in [7, 11) is 0. The lowest BCUT2D eigenvalue weighted by atomic mass is 9.66. The minimum Gasteiger partial charge on any atom is -0.236 e. The molecule has 0 saturated heterocycles. The third kappa shape index (κ3) is 4.28. The number of rotatable bonds is 6. The van der Waals surface area contributed by atoms with E-state index in [0.29, 0.717) is 16.8 Å². The molecule has 0 unspecified atom stereocenters. The van der Waals surface area contributed by atoms with Gasteiger partial charge in [0.15, 0.2) is 17.5 Å². The van der Waals surface area contributed by atoms with Crippen LogP contribution in [-0.2, 0) is 5.41 Å². The fraction of sp³-hybridized carbons (Fsp3) is 0.385. The van der Waals surface area contributed by atoms with E-state index >= 15 is 0 Å². The van der Waals surface area contributed by atoms with Gasteiger partial charge in [-0.15, -0.1) is 0 Å². The van der Waals surface area contributed by atoms with Gasteiger partial charge in [0.25, 0.3) is 0 Å². The van der Waals surface area contributed by atoms with Crippen molar-refractivity contribution >= 4 is 0 Å². The van der Waals surface area contributed by atoms with Gasteiger partial charge in [-0.3, -0.25) is 0 Å². The molecule has 30 heavy (non-hydrogen) atoms.